The molecule has 3 aromatic carbocycles. The largest absolute Gasteiger partial charge is 0.490 e. The molecule has 1 saturated heterocycles. The van der Waals surface area contributed by atoms with Crippen LogP contribution in [0.2, 0.25) is 10.0 Å². The molecule has 1 fully saturated rings. The molecule has 39 heavy (non-hydrogen) atoms. The van der Waals surface area contributed by atoms with E-state index in [2.05, 4.69) is 5.32 Å². The van der Waals surface area contributed by atoms with E-state index >= 15 is 0 Å². The summed E-state index contributed by atoms with van der Waals surface area (Å²) in [6, 6.07) is 15.8. The van der Waals surface area contributed by atoms with Gasteiger partial charge in [0.25, 0.3) is 17.1 Å². The molecule has 1 aliphatic heterocycles. The fourth-order valence-electron chi connectivity index (χ4n) is 3.89. The Morgan fingerprint density at radius 1 is 1.00 bits per heavy atom. The lowest BCUT2D eigenvalue weighted by molar-refractivity contribution is -0.123. The summed E-state index contributed by atoms with van der Waals surface area (Å²) < 4.78 is 11.5. The van der Waals surface area contributed by atoms with E-state index in [0.29, 0.717) is 39.3 Å². The maximum atomic E-state index is 13.0. The lowest BCUT2D eigenvalue weighted by Gasteiger charge is -2.14. The van der Waals surface area contributed by atoms with Crippen LogP contribution in [0, 0.1) is 13.8 Å². The van der Waals surface area contributed by atoms with Gasteiger partial charge in [0.2, 0.25) is 0 Å². The number of hydrogen-bond donors (Lipinski definition) is 1. The number of anilines is 1. The van der Waals surface area contributed by atoms with Gasteiger partial charge in [0, 0.05) is 15.7 Å². The van der Waals surface area contributed by atoms with Crippen LogP contribution in [0.25, 0.3) is 6.08 Å². The van der Waals surface area contributed by atoms with Crippen molar-refractivity contribution in [3.8, 4) is 11.5 Å². The Morgan fingerprint density at radius 2 is 1.79 bits per heavy atom. The predicted octanol–water partition coefficient (Wildman–Crippen LogP) is 7.26. The van der Waals surface area contributed by atoms with Gasteiger partial charge in [0.15, 0.2) is 18.1 Å². The molecule has 202 valence electrons. The number of carbonyl (C=O) groups excluding carboxylic acids is 3. The third-order valence-electron chi connectivity index (χ3n) is 5.80. The number of hydrogen-bond acceptors (Lipinski definition) is 6. The Kier molecular flexibility index (Phi) is 9.22. The number of halogens is 2. The molecule has 1 heterocycles. The lowest BCUT2D eigenvalue weighted by atomic mass is 10.1. The number of aryl methyl sites for hydroxylation is 2. The zero-order chi connectivity index (χ0) is 28.1. The van der Waals surface area contributed by atoms with Crippen LogP contribution >= 0.6 is 35.0 Å². The number of amides is 3. The minimum Gasteiger partial charge on any atom is -0.490 e. The van der Waals surface area contributed by atoms with Crippen molar-refractivity contribution in [2.75, 3.05) is 18.5 Å². The third kappa shape index (κ3) is 7.15. The molecule has 1 aliphatic rings. The molecule has 3 aromatic rings. The Morgan fingerprint density at radius 3 is 2.51 bits per heavy atom. The van der Waals surface area contributed by atoms with Crippen molar-refractivity contribution in [1.82, 2.24) is 4.90 Å². The number of rotatable bonds is 9. The van der Waals surface area contributed by atoms with Crippen molar-refractivity contribution in [3.05, 3.63) is 91.8 Å². The Balaban J connectivity index is 1.45. The van der Waals surface area contributed by atoms with Crippen molar-refractivity contribution >= 4 is 63.8 Å². The molecule has 1 N–H and O–H groups in total. The zero-order valence-corrected chi connectivity index (χ0v) is 23.9. The van der Waals surface area contributed by atoms with Crippen LogP contribution in [-0.2, 0) is 16.1 Å². The van der Waals surface area contributed by atoms with Gasteiger partial charge in [0.1, 0.15) is 0 Å². The molecule has 0 bridgehead atoms. The van der Waals surface area contributed by atoms with E-state index < -0.39 is 11.1 Å². The Bertz CT molecular complexity index is 1470. The molecule has 0 aliphatic carbocycles. The van der Waals surface area contributed by atoms with Gasteiger partial charge in [0.05, 0.1) is 18.1 Å². The van der Waals surface area contributed by atoms with Gasteiger partial charge in [-0.05, 0) is 85.6 Å². The van der Waals surface area contributed by atoms with Crippen molar-refractivity contribution < 1.29 is 23.9 Å². The highest BCUT2D eigenvalue weighted by Crippen LogP contribution is 2.36. The molecule has 3 amide bonds. The number of thioether (sulfide) groups is 1. The van der Waals surface area contributed by atoms with Crippen molar-refractivity contribution in [1.29, 1.82) is 0 Å². The fraction of sp³-hybridized carbons (Fsp3) is 0.207. The molecular weight excluding hydrogens is 559 g/mol. The second-order valence-electron chi connectivity index (χ2n) is 8.80. The summed E-state index contributed by atoms with van der Waals surface area (Å²) in [6.45, 7) is 5.95. The smallest absolute Gasteiger partial charge is 0.293 e. The summed E-state index contributed by atoms with van der Waals surface area (Å²) in [5, 5.41) is 3.31. The van der Waals surface area contributed by atoms with Crippen LogP contribution in [0.1, 0.15) is 29.2 Å². The first kappa shape index (κ1) is 28.5. The second-order valence-corrected chi connectivity index (χ2v) is 10.6. The third-order valence-corrected chi connectivity index (χ3v) is 7.29. The average molecular weight is 586 g/mol. The van der Waals surface area contributed by atoms with E-state index in [-0.39, 0.29) is 24.0 Å². The van der Waals surface area contributed by atoms with E-state index in [0.717, 1.165) is 33.5 Å². The highest BCUT2D eigenvalue weighted by molar-refractivity contribution is 8.18. The SMILES string of the molecule is CCOc1cc(/C=C2\SC(=O)N(Cc3ccc(Cl)cc3Cl)C2=O)ccc1OCC(=O)Nc1ccc(C)cc1C. The molecule has 0 atom stereocenters. The molecule has 0 radical (unpaired) electrons. The number of nitrogens with one attached hydrogen (secondary N) is 1. The Hall–Kier alpha value is -3.46. The summed E-state index contributed by atoms with van der Waals surface area (Å²) in [4.78, 5) is 39.5. The second kappa shape index (κ2) is 12.6. The standard InChI is InChI=1S/C29H26Cl2N2O5S/c1-4-37-25-12-19(6-10-24(25)38-16-27(34)32-23-9-5-17(2)11-18(23)3)13-26-28(35)33(29(36)39-26)15-20-7-8-21(30)14-22(20)31/h5-14H,4,15-16H2,1-3H3,(H,32,34)/b26-13-. The molecule has 0 unspecified atom stereocenters. The topological polar surface area (TPSA) is 84.9 Å². The van der Waals surface area contributed by atoms with E-state index in [9.17, 15) is 14.4 Å². The van der Waals surface area contributed by atoms with E-state index in [1.54, 1.807) is 42.5 Å². The van der Waals surface area contributed by atoms with E-state index in [1.807, 2.05) is 39.0 Å². The maximum Gasteiger partial charge on any atom is 0.293 e. The summed E-state index contributed by atoms with van der Waals surface area (Å²) in [5.41, 5.74) is 4.05. The number of benzene rings is 3. The molecule has 0 spiro atoms. The molecule has 0 saturated carbocycles. The quantitative estimate of drug-likeness (QED) is 0.266. The first-order valence-corrected chi connectivity index (χ1v) is 13.7. The minimum absolute atomic E-state index is 0.0408. The molecule has 10 heteroatoms. The monoisotopic (exact) mass is 584 g/mol. The van der Waals surface area contributed by atoms with Crippen LogP contribution in [-0.4, -0.2) is 35.2 Å². The minimum atomic E-state index is -0.419. The number of ether oxygens (including phenoxy) is 2. The normalized spacial score (nSPS) is 14.2. The number of imide groups is 1. The van der Waals surface area contributed by atoms with Gasteiger partial charge >= 0.3 is 0 Å². The first-order valence-electron chi connectivity index (χ1n) is 12.1. The number of carbonyl (C=O) groups is 3. The zero-order valence-electron chi connectivity index (χ0n) is 21.5. The van der Waals surface area contributed by atoms with Crippen molar-refractivity contribution in [2.24, 2.45) is 0 Å². The van der Waals surface area contributed by atoms with Gasteiger partial charge < -0.3 is 14.8 Å². The van der Waals surface area contributed by atoms with E-state index in [4.69, 9.17) is 32.7 Å². The first-order chi connectivity index (χ1) is 18.6. The van der Waals surface area contributed by atoms with Gasteiger partial charge in [-0.25, -0.2) is 0 Å². The summed E-state index contributed by atoms with van der Waals surface area (Å²) >= 11 is 13.0. The average Bonchev–Trinajstić information content (AvgIpc) is 3.14. The highest BCUT2D eigenvalue weighted by atomic mass is 35.5. The molecule has 4 rings (SSSR count). The van der Waals surface area contributed by atoms with Crippen LogP contribution in [0.4, 0.5) is 10.5 Å². The molecular formula is C29H26Cl2N2O5S. The predicted molar refractivity (Wildman–Crippen MR) is 156 cm³/mol. The number of nitrogens with zero attached hydrogens (tertiary/aromatic N) is 1. The highest BCUT2D eigenvalue weighted by Gasteiger charge is 2.35. The van der Waals surface area contributed by atoms with Crippen LogP contribution in [0.3, 0.4) is 0 Å². The van der Waals surface area contributed by atoms with Gasteiger partial charge in [-0.15, -0.1) is 0 Å². The molecule has 0 aromatic heterocycles. The van der Waals surface area contributed by atoms with Gasteiger partial charge in [-0.1, -0.05) is 53.0 Å². The molecule has 7 nitrogen and oxygen atoms in total. The van der Waals surface area contributed by atoms with Gasteiger partial charge in [-0.2, -0.15) is 0 Å². The maximum absolute atomic E-state index is 13.0. The van der Waals surface area contributed by atoms with Crippen LogP contribution in [0.5, 0.6) is 11.5 Å². The summed E-state index contributed by atoms with van der Waals surface area (Å²) in [6.07, 6.45) is 1.62. The Labute approximate surface area is 241 Å². The van der Waals surface area contributed by atoms with Gasteiger partial charge in [-0.3, -0.25) is 19.3 Å². The summed E-state index contributed by atoms with van der Waals surface area (Å²) in [7, 11) is 0. The van der Waals surface area contributed by atoms with Crippen LogP contribution < -0.4 is 14.8 Å². The van der Waals surface area contributed by atoms with Crippen molar-refractivity contribution in [3.63, 3.8) is 0 Å². The lowest BCUT2D eigenvalue weighted by Crippen LogP contribution is -2.27. The summed E-state index contributed by atoms with van der Waals surface area (Å²) in [5.74, 6) is 0.0771. The van der Waals surface area contributed by atoms with E-state index in [1.165, 1.54) is 0 Å². The van der Waals surface area contributed by atoms with Crippen LogP contribution in [0.15, 0.2) is 59.5 Å². The van der Waals surface area contributed by atoms with Crippen molar-refractivity contribution in [2.45, 2.75) is 27.3 Å². The fourth-order valence-corrected chi connectivity index (χ4v) is 5.20.